The molecular formula is C9H16N4O. The molecule has 0 unspecified atom stereocenters. The predicted molar refractivity (Wildman–Crippen MR) is 52.6 cm³/mol. The van der Waals surface area contributed by atoms with Crippen molar-refractivity contribution in [1.29, 1.82) is 0 Å². The Morgan fingerprint density at radius 3 is 2.86 bits per heavy atom. The molecule has 2 rings (SSSR count). The number of anilines is 1. The van der Waals surface area contributed by atoms with Crippen molar-refractivity contribution < 1.29 is 4.74 Å². The first-order chi connectivity index (χ1) is 6.74. The van der Waals surface area contributed by atoms with Gasteiger partial charge in [-0.1, -0.05) is 0 Å². The van der Waals surface area contributed by atoms with Gasteiger partial charge in [0.2, 0.25) is 0 Å². The van der Waals surface area contributed by atoms with Crippen LogP contribution < -0.4 is 5.73 Å². The molecule has 78 valence electrons. The van der Waals surface area contributed by atoms with Gasteiger partial charge in [0.1, 0.15) is 0 Å². The molecule has 0 spiro atoms. The number of nitrogens with two attached hydrogens (primary N) is 1. The van der Waals surface area contributed by atoms with Crippen LogP contribution in [-0.2, 0) is 11.3 Å². The summed E-state index contributed by atoms with van der Waals surface area (Å²) in [6.07, 6.45) is 6.11. The third-order valence-corrected chi connectivity index (χ3v) is 3.02. The van der Waals surface area contributed by atoms with E-state index in [1.165, 1.54) is 6.42 Å². The zero-order chi connectivity index (χ0) is 10.0. The van der Waals surface area contributed by atoms with Crippen LogP contribution in [0.4, 0.5) is 5.82 Å². The SMILES string of the molecule is COC1(CCn2ncc(N)n2)CCC1. The van der Waals surface area contributed by atoms with Gasteiger partial charge in [-0.05, 0) is 25.7 Å². The van der Waals surface area contributed by atoms with Crippen molar-refractivity contribution in [3.8, 4) is 0 Å². The summed E-state index contributed by atoms with van der Waals surface area (Å²) in [5.74, 6) is 0.477. The highest BCUT2D eigenvalue weighted by atomic mass is 16.5. The smallest absolute Gasteiger partial charge is 0.165 e. The number of nitrogens with zero attached hydrogens (tertiary/aromatic N) is 3. The van der Waals surface area contributed by atoms with Crippen LogP contribution in [-0.4, -0.2) is 27.7 Å². The number of ether oxygens (including phenoxy) is 1. The number of nitrogen functional groups attached to an aromatic ring is 1. The molecule has 0 atom stereocenters. The van der Waals surface area contributed by atoms with E-state index in [1.54, 1.807) is 18.1 Å². The number of aryl methyl sites for hydroxylation is 1. The maximum atomic E-state index is 5.50. The zero-order valence-corrected chi connectivity index (χ0v) is 8.44. The standard InChI is InChI=1S/C9H16N4O/c1-14-9(3-2-4-9)5-6-13-11-7-8(10)12-13/h7H,2-6H2,1H3,(H2,10,12). The Bertz CT molecular complexity index is 300. The molecule has 1 heterocycles. The Kier molecular flexibility index (Phi) is 2.41. The lowest BCUT2D eigenvalue weighted by atomic mass is 9.77. The molecule has 0 aliphatic heterocycles. The van der Waals surface area contributed by atoms with Crippen molar-refractivity contribution in [2.24, 2.45) is 0 Å². The van der Waals surface area contributed by atoms with Gasteiger partial charge in [-0.2, -0.15) is 9.90 Å². The Morgan fingerprint density at radius 2 is 2.43 bits per heavy atom. The lowest BCUT2D eigenvalue weighted by Gasteiger charge is -2.40. The van der Waals surface area contributed by atoms with E-state index in [0.717, 1.165) is 25.8 Å². The molecule has 0 bridgehead atoms. The third kappa shape index (κ3) is 1.72. The third-order valence-electron chi connectivity index (χ3n) is 3.02. The van der Waals surface area contributed by atoms with Crippen LogP contribution in [0.2, 0.25) is 0 Å². The molecule has 14 heavy (non-hydrogen) atoms. The monoisotopic (exact) mass is 196 g/mol. The van der Waals surface area contributed by atoms with Crippen LogP contribution in [0.25, 0.3) is 0 Å². The van der Waals surface area contributed by atoms with Crippen molar-refractivity contribution in [1.82, 2.24) is 15.0 Å². The van der Waals surface area contributed by atoms with E-state index < -0.39 is 0 Å². The van der Waals surface area contributed by atoms with Crippen molar-refractivity contribution in [2.45, 2.75) is 37.8 Å². The molecular weight excluding hydrogens is 180 g/mol. The van der Waals surface area contributed by atoms with Gasteiger partial charge in [0.25, 0.3) is 0 Å². The van der Waals surface area contributed by atoms with Crippen molar-refractivity contribution in [3.63, 3.8) is 0 Å². The van der Waals surface area contributed by atoms with Crippen LogP contribution in [0.5, 0.6) is 0 Å². The molecule has 2 N–H and O–H groups in total. The number of hydrogen-bond donors (Lipinski definition) is 1. The molecule has 5 nitrogen and oxygen atoms in total. The molecule has 1 aliphatic rings. The maximum Gasteiger partial charge on any atom is 0.165 e. The normalized spacial score (nSPS) is 19.2. The van der Waals surface area contributed by atoms with Crippen LogP contribution in [0, 0.1) is 0 Å². The quantitative estimate of drug-likeness (QED) is 0.774. The van der Waals surface area contributed by atoms with Crippen LogP contribution in [0.3, 0.4) is 0 Å². The summed E-state index contributed by atoms with van der Waals surface area (Å²) >= 11 is 0. The summed E-state index contributed by atoms with van der Waals surface area (Å²) < 4.78 is 5.50. The highest BCUT2D eigenvalue weighted by molar-refractivity contribution is 5.19. The number of methoxy groups -OCH3 is 1. The number of aromatic nitrogens is 3. The average molecular weight is 196 g/mol. The fraction of sp³-hybridized carbons (Fsp3) is 0.778. The van der Waals surface area contributed by atoms with E-state index in [0.29, 0.717) is 5.82 Å². The lowest BCUT2D eigenvalue weighted by Crippen LogP contribution is -2.40. The van der Waals surface area contributed by atoms with Crippen molar-refractivity contribution in [2.75, 3.05) is 12.8 Å². The molecule has 1 aromatic rings. The van der Waals surface area contributed by atoms with Crippen LogP contribution in [0.15, 0.2) is 6.20 Å². The van der Waals surface area contributed by atoms with Gasteiger partial charge in [-0.15, -0.1) is 5.10 Å². The Morgan fingerprint density at radius 1 is 1.64 bits per heavy atom. The lowest BCUT2D eigenvalue weighted by molar-refractivity contribution is -0.0810. The highest BCUT2D eigenvalue weighted by Crippen LogP contribution is 2.38. The molecule has 1 fully saturated rings. The fourth-order valence-electron chi connectivity index (χ4n) is 1.85. The van der Waals surface area contributed by atoms with E-state index in [9.17, 15) is 0 Å². The van der Waals surface area contributed by atoms with E-state index in [-0.39, 0.29) is 5.60 Å². The Hall–Kier alpha value is -1.10. The van der Waals surface area contributed by atoms with Gasteiger partial charge in [0.15, 0.2) is 5.82 Å². The molecule has 0 radical (unpaired) electrons. The minimum absolute atomic E-state index is 0.0857. The zero-order valence-electron chi connectivity index (χ0n) is 8.44. The minimum Gasteiger partial charge on any atom is -0.381 e. The van der Waals surface area contributed by atoms with E-state index in [1.807, 2.05) is 0 Å². The first kappa shape index (κ1) is 9.45. The first-order valence-corrected chi connectivity index (χ1v) is 4.95. The van der Waals surface area contributed by atoms with E-state index in [4.69, 9.17) is 10.5 Å². The number of rotatable bonds is 4. The molecule has 0 saturated heterocycles. The largest absolute Gasteiger partial charge is 0.381 e. The fourth-order valence-corrected chi connectivity index (χ4v) is 1.85. The van der Waals surface area contributed by atoms with Crippen LogP contribution >= 0.6 is 0 Å². The number of hydrogen-bond acceptors (Lipinski definition) is 4. The molecule has 1 aromatic heterocycles. The minimum atomic E-state index is 0.0857. The van der Waals surface area contributed by atoms with Gasteiger partial charge in [0.05, 0.1) is 18.3 Å². The summed E-state index contributed by atoms with van der Waals surface area (Å²) in [5.41, 5.74) is 5.56. The summed E-state index contributed by atoms with van der Waals surface area (Å²) in [6, 6.07) is 0. The van der Waals surface area contributed by atoms with Gasteiger partial charge >= 0.3 is 0 Å². The summed E-state index contributed by atoms with van der Waals surface area (Å²) in [6.45, 7) is 0.783. The van der Waals surface area contributed by atoms with Crippen molar-refractivity contribution in [3.05, 3.63) is 6.20 Å². The first-order valence-electron chi connectivity index (χ1n) is 4.95. The Balaban J connectivity index is 1.87. The highest BCUT2D eigenvalue weighted by Gasteiger charge is 2.36. The molecule has 1 saturated carbocycles. The summed E-state index contributed by atoms with van der Waals surface area (Å²) in [5, 5.41) is 8.07. The van der Waals surface area contributed by atoms with Crippen LogP contribution in [0.1, 0.15) is 25.7 Å². The second-order valence-electron chi connectivity index (χ2n) is 3.86. The maximum absolute atomic E-state index is 5.50. The van der Waals surface area contributed by atoms with Crippen molar-refractivity contribution >= 4 is 5.82 Å². The Labute approximate surface area is 83.2 Å². The van der Waals surface area contributed by atoms with Gasteiger partial charge < -0.3 is 10.5 Å². The van der Waals surface area contributed by atoms with E-state index >= 15 is 0 Å². The summed E-state index contributed by atoms with van der Waals surface area (Å²) in [4.78, 5) is 1.63. The molecule has 0 amide bonds. The molecule has 0 aromatic carbocycles. The predicted octanol–water partition coefficient (Wildman–Crippen LogP) is 0.819. The summed E-state index contributed by atoms with van der Waals surface area (Å²) in [7, 11) is 1.78. The second-order valence-corrected chi connectivity index (χ2v) is 3.86. The van der Waals surface area contributed by atoms with Gasteiger partial charge in [-0.25, -0.2) is 0 Å². The second kappa shape index (κ2) is 3.57. The molecule has 5 heteroatoms. The van der Waals surface area contributed by atoms with Gasteiger partial charge in [0, 0.05) is 7.11 Å². The van der Waals surface area contributed by atoms with E-state index in [2.05, 4.69) is 10.2 Å². The van der Waals surface area contributed by atoms with Gasteiger partial charge in [-0.3, -0.25) is 0 Å². The average Bonchev–Trinajstić information content (AvgIpc) is 2.50. The topological polar surface area (TPSA) is 66.0 Å². The molecule has 1 aliphatic carbocycles.